The average Bonchev–Trinajstić information content (AvgIpc) is 2.54. The van der Waals surface area contributed by atoms with E-state index in [1.54, 1.807) is 0 Å². The minimum atomic E-state index is -2.86. The van der Waals surface area contributed by atoms with Crippen LogP contribution in [0.25, 0.3) is 0 Å². The van der Waals surface area contributed by atoms with Gasteiger partial charge in [0.1, 0.15) is 9.84 Å². The third-order valence-corrected chi connectivity index (χ3v) is 6.68. The van der Waals surface area contributed by atoms with Crippen LogP contribution in [0.5, 0.6) is 0 Å². The highest BCUT2D eigenvalue weighted by atomic mass is 32.2. The summed E-state index contributed by atoms with van der Waals surface area (Å²) in [6.45, 7) is 2.35. The Balaban J connectivity index is 1.91. The Morgan fingerprint density at radius 2 is 1.68 bits per heavy atom. The number of hydrogen-bond acceptors (Lipinski definition) is 3. The van der Waals surface area contributed by atoms with Crippen molar-refractivity contribution in [2.24, 2.45) is 5.92 Å². The molecule has 4 atom stereocenters. The second kappa shape index (κ2) is 6.57. The maximum absolute atomic E-state index is 11.7. The van der Waals surface area contributed by atoms with E-state index in [-0.39, 0.29) is 5.25 Å². The first-order valence-corrected chi connectivity index (χ1v) is 9.87. The molecule has 2 aliphatic rings. The summed E-state index contributed by atoms with van der Waals surface area (Å²) < 4.78 is 23.4. The van der Waals surface area contributed by atoms with E-state index in [4.69, 9.17) is 0 Å². The van der Waals surface area contributed by atoms with Gasteiger partial charge in [-0.25, -0.2) is 8.42 Å². The monoisotopic (exact) mass is 287 g/mol. The van der Waals surface area contributed by atoms with Crippen LogP contribution >= 0.6 is 0 Å². The molecule has 112 valence electrons. The smallest absolute Gasteiger partial charge is 0.150 e. The minimum Gasteiger partial charge on any atom is -0.311 e. The van der Waals surface area contributed by atoms with Crippen molar-refractivity contribution in [3.8, 4) is 0 Å². The van der Waals surface area contributed by atoms with E-state index in [2.05, 4.69) is 12.2 Å². The molecule has 2 aliphatic carbocycles. The molecular formula is C15H29NO2S. The zero-order valence-electron chi connectivity index (χ0n) is 12.4. The van der Waals surface area contributed by atoms with E-state index < -0.39 is 9.84 Å². The van der Waals surface area contributed by atoms with E-state index in [1.165, 1.54) is 38.4 Å². The first-order chi connectivity index (χ1) is 8.97. The molecule has 0 bridgehead atoms. The number of rotatable bonds is 3. The highest BCUT2D eigenvalue weighted by Gasteiger charge is 2.31. The van der Waals surface area contributed by atoms with Gasteiger partial charge in [0.15, 0.2) is 0 Å². The van der Waals surface area contributed by atoms with Gasteiger partial charge in [-0.05, 0) is 38.0 Å². The van der Waals surface area contributed by atoms with Gasteiger partial charge >= 0.3 is 0 Å². The summed E-state index contributed by atoms with van der Waals surface area (Å²) in [5, 5.41) is 3.67. The van der Waals surface area contributed by atoms with Crippen molar-refractivity contribution in [2.75, 3.05) is 6.26 Å². The Hall–Kier alpha value is -0.0900. The van der Waals surface area contributed by atoms with Crippen molar-refractivity contribution in [1.82, 2.24) is 5.32 Å². The van der Waals surface area contributed by atoms with Gasteiger partial charge < -0.3 is 5.32 Å². The van der Waals surface area contributed by atoms with Crippen molar-refractivity contribution in [3.05, 3.63) is 0 Å². The van der Waals surface area contributed by atoms with E-state index in [1.807, 2.05) is 0 Å². The van der Waals surface area contributed by atoms with Gasteiger partial charge in [-0.2, -0.15) is 0 Å². The molecule has 0 amide bonds. The molecule has 1 N–H and O–H groups in total. The summed E-state index contributed by atoms with van der Waals surface area (Å²) in [4.78, 5) is 0. The molecule has 0 aromatic carbocycles. The summed E-state index contributed by atoms with van der Waals surface area (Å²) in [5.74, 6) is 0.737. The fourth-order valence-electron chi connectivity index (χ4n) is 3.73. The topological polar surface area (TPSA) is 46.2 Å². The molecular weight excluding hydrogens is 258 g/mol. The van der Waals surface area contributed by atoms with Crippen molar-refractivity contribution >= 4 is 9.84 Å². The highest BCUT2D eigenvalue weighted by Crippen LogP contribution is 2.28. The second-order valence-corrected chi connectivity index (χ2v) is 9.03. The van der Waals surface area contributed by atoms with Crippen LogP contribution in [0.1, 0.15) is 64.7 Å². The van der Waals surface area contributed by atoms with E-state index in [0.29, 0.717) is 12.1 Å². The van der Waals surface area contributed by atoms with Crippen molar-refractivity contribution in [3.63, 3.8) is 0 Å². The van der Waals surface area contributed by atoms with Crippen LogP contribution in [0.2, 0.25) is 0 Å². The van der Waals surface area contributed by atoms with Gasteiger partial charge in [0.2, 0.25) is 0 Å². The van der Waals surface area contributed by atoms with Crippen molar-refractivity contribution < 1.29 is 8.42 Å². The fraction of sp³-hybridized carbons (Fsp3) is 1.00. The molecule has 4 heteroatoms. The van der Waals surface area contributed by atoms with Crippen LogP contribution in [0, 0.1) is 5.92 Å². The molecule has 0 saturated heterocycles. The molecule has 2 rings (SSSR count). The lowest BCUT2D eigenvalue weighted by Crippen LogP contribution is -2.45. The summed E-state index contributed by atoms with van der Waals surface area (Å²) in [7, 11) is -2.86. The number of sulfone groups is 1. The van der Waals surface area contributed by atoms with Gasteiger partial charge in [0.25, 0.3) is 0 Å². The van der Waals surface area contributed by atoms with Gasteiger partial charge in [-0.1, -0.05) is 32.6 Å². The van der Waals surface area contributed by atoms with Crippen LogP contribution in [0.3, 0.4) is 0 Å². The Morgan fingerprint density at radius 3 is 2.42 bits per heavy atom. The van der Waals surface area contributed by atoms with Crippen LogP contribution in [-0.2, 0) is 9.84 Å². The fourth-order valence-corrected chi connectivity index (χ4v) is 4.91. The first kappa shape index (κ1) is 15.3. The molecule has 0 heterocycles. The SMILES string of the molecule is CC1CCCCCC1NC1CCCC(S(C)(=O)=O)C1. The predicted octanol–water partition coefficient (Wildman–Crippen LogP) is 2.90. The molecule has 19 heavy (non-hydrogen) atoms. The largest absolute Gasteiger partial charge is 0.311 e. The predicted molar refractivity (Wildman–Crippen MR) is 80.1 cm³/mol. The molecule has 2 fully saturated rings. The van der Waals surface area contributed by atoms with Gasteiger partial charge in [0, 0.05) is 18.3 Å². The van der Waals surface area contributed by atoms with E-state index in [0.717, 1.165) is 31.6 Å². The number of hydrogen-bond donors (Lipinski definition) is 1. The first-order valence-electron chi connectivity index (χ1n) is 7.91. The summed E-state index contributed by atoms with van der Waals surface area (Å²) in [6, 6.07) is 1.02. The summed E-state index contributed by atoms with van der Waals surface area (Å²) >= 11 is 0. The third-order valence-electron chi connectivity index (χ3n) is 5.04. The van der Waals surface area contributed by atoms with E-state index >= 15 is 0 Å². The molecule has 0 aromatic rings. The Morgan fingerprint density at radius 1 is 0.947 bits per heavy atom. The quantitative estimate of drug-likeness (QED) is 0.812. The summed E-state index contributed by atoms with van der Waals surface area (Å²) in [5.41, 5.74) is 0. The lowest BCUT2D eigenvalue weighted by molar-refractivity contribution is 0.279. The van der Waals surface area contributed by atoms with Crippen LogP contribution in [0.15, 0.2) is 0 Å². The second-order valence-electron chi connectivity index (χ2n) is 6.70. The molecule has 4 unspecified atom stereocenters. The molecule has 3 nitrogen and oxygen atoms in total. The zero-order valence-corrected chi connectivity index (χ0v) is 13.2. The lowest BCUT2D eigenvalue weighted by Gasteiger charge is -2.34. The molecule has 2 saturated carbocycles. The number of nitrogens with one attached hydrogen (secondary N) is 1. The van der Waals surface area contributed by atoms with Gasteiger partial charge in [0.05, 0.1) is 5.25 Å². The van der Waals surface area contributed by atoms with Crippen LogP contribution < -0.4 is 5.32 Å². The van der Waals surface area contributed by atoms with Crippen molar-refractivity contribution in [1.29, 1.82) is 0 Å². The molecule has 0 aromatic heterocycles. The zero-order chi connectivity index (χ0) is 13.9. The van der Waals surface area contributed by atoms with Crippen LogP contribution in [-0.4, -0.2) is 32.0 Å². The van der Waals surface area contributed by atoms with Crippen LogP contribution in [0.4, 0.5) is 0 Å². The Labute approximate surface area is 118 Å². The lowest BCUT2D eigenvalue weighted by atomic mass is 9.91. The maximum atomic E-state index is 11.7. The van der Waals surface area contributed by atoms with Gasteiger partial charge in [-0.15, -0.1) is 0 Å². The van der Waals surface area contributed by atoms with Crippen molar-refractivity contribution in [2.45, 2.75) is 82.0 Å². The third kappa shape index (κ3) is 4.45. The average molecular weight is 287 g/mol. The minimum absolute atomic E-state index is 0.111. The highest BCUT2D eigenvalue weighted by molar-refractivity contribution is 7.91. The standard InChI is InChI=1S/C15H29NO2S/c1-12-7-4-3-5-10-15(12)16-13-8-6-9-14(11-13)19(2,17)18/h12-16H,3-11H2,1-2H3. The normalized spacial score (nSPS) is 37.8. The Bertz CT molecular complexity index is 380. The Kier molecular flexibility index (Phi) is 5.29. The van der Waals surface area contributed by atoms with Gasteiger partial charge in [-0.3, -0.25) is 0 Å². The molecule has 0 radical (unpaired) electrons. The summed E-state index contributed by atoms with van der Waals surface area (Å²) in [6.07, 6.45) is 11.9. The van der Waals surface area contributed by atoms with E-state index in [9.17, 15) is 8.42 Å². The molecule has 0 aliphatic heterocycles. The maximum Gasteiger partial charge on any atom is 0.150 e. The molecule has 0 spiro atoms.